The van der Waals surface area contributed by atoms with E-state index < -0.39 is 35.9 Å². The van der Waals surface area contributed by atoms with Crippen molar-refractivity contribution in [2.24, 2.45) is 0 Å². The second kappa shape index (κ2) is 17.1. The second-order valence-electron chi connectivity index (χ2n) is 15.8. The molecule has 59 heavy (non-hydrogen) atoms. The summed E-state index contributed by atoms with van der Waals surface area (Å²) >= 11 is 0. The number of aliphatic hydroxyl groups excluding tert-OH is 1. The van der Waals surface area contributed by atoms with Crippen molar-refractivity contribution >= 4 is 23.4 Å². The zero-order valence-corrected chi connectivity index (χ0v) is 32.6. The van der Waals surface area contributed by atoms with Gasteiger partial charge in [0.15, 0.2) is 6.29 Å². The SMILES string of the molecule is O=C(NCc1cccc(-c2ccc(C3OC(CN4CCC5(CC4)C(=O)NCN5c4ccccc4)CC(c4ccc(CO)cc4)O3)cc2)c1)C1CCCN1C(=O)C(F)(F)F. The Bertz CT molecular complexity index is 2110. The fraction of sp³-hybridized carbons (Fsp3) is 0.400. The second-order valence-corrected chi connectivity index (χ2v) is 15.8. The average molecular weight is 812 g/mol. The average Bonchev–Trinajstić information content (AvgIpc) is 3.88. The van der Waals surface area contributed by atoms with Gasteiger partial charge in [-0.15, -0.1) is 0 Å². The number of hydrogen-bond acceptors (Lipinski definition) is 8. The first kappa shape index (κ1) is 40.5. The van der Waals surface area contributed by atoms with Crippen molar-refractivity contribution in [2.45, 2.75) is 81.5 Å². The first-order chi connectivity index (χ1) is 28.5. The van der Waals surface area contributed by atoms with Crippen LogP contribution in [0.5, 0.6) is 0 Å². The monoisotopic (exact) mass is 811 g/mol. The van der Waals surface area contributed by atoms with Crippen LogP contribution in [-0.2, 0) is 37.0 Å². The highest BCUT2D eigenvalue weighted by Gasteiger charge is 2.51. The van der Waals surface area contributed by atoms with Gasteiger partial charge in [0, 0.05) is 50.4 Å². The quantitative estimate of drug-likeness (QED) is 0.179. The number of piperidine rings is 1. The normalized spacial score (nSPS) is 23.4. The number of carbonyl (C=O) groups excluding carboxylic acids is 3. The van der Waals surface area contributed by atoms with E-state index in [1.807, 2.05) is 91.0 Å². The number of para-hydroxylation sites is 1. The van der Waals surface area contributed by atoms with E-state index in [2.05, 4.69) is 32.6 Å². The van der Waals surface area contributed by atoms with E-state index in [-0.39, 0.29) is 44.2 Å². The molecule has 4 saturated heterocycles. The first-order valence-corrected chi connectivity index (χ1v) is 20.2. The van der Waals surface area contributed by atoms with E-state index in [4.69, 9.17) is 9.47 Å². The number of ether oxygens (including phenoxy) is 2. The Labute approximate surface area is 341 Å². The summed E-state index contributed by atoms with van der Waals surface area (Å²) in [5.74, 6) is -2.52. The molecular formula is C45H48F3N5O6. The molecule has 0 radical (unpaired) electrons. The lowest BCUT2D eigenvalue weighted by Gasteiger charge is -2.45. The summed E-state index contributed by atoms with van der Waals surface area (Å²) in [6.07, 6.45) is -3.57. The van der Waals surface area contributed by atoms with Crippen molar-refractivity contribution < 1.29 is 42.1 Å². The number of likely N-dealkylation sites (tertiary alicyclic amines) is 2. The summed E-state index contributed by atoms with van der Waals surface area (Å²) < 4.78 is 52.6. The number of nitrogens with one attached hydrogen (secondary N) is 2. The minimum atomic E-state index is -5.03. The van der Waals surface area contributed by atoms with Gasteiger partial charge in [0.1, 0.15) is 11.6 Å². The molecule has 0 saturated carbocycles. The van der Waals surface area contributed by atoms with Crippen LogP contribution in [-0.4, -0.2) is 89.3 Å². The van der Waals surface area contributed by atoms with Crippen LogP contribution in [0.15, 0.2) is 103 Å². The van der Waals surface area contributed by atoms with E-state index in [0.29, 0.717) is 43.8 Å². The molecule has 14 heteroatoms. The highest BCUT2D eigenvalue weighted by atomic mass is 19.4. The van der Waals surface area contributed by atoms with E-state index >= 15 is 0 Å². The van der Waals surface area contributed by atoms with Crippen molar-refractivity contribution in [2.75, 3.05) is 37.7 Å². The molecular weight excluding hydrogens is 764 g/mol. The van der Waals surface area contributed by atoms with Crippen molar-refractivity contribution in [3.8, 4) is 11.1 Å². The Morgan fingerprint density at radius 2 is 1.58 bits per heavy atom. The van der Waals surface area contributed by atoms with Crippen LogP contribution in [0, 0.1) is 0 Å². The van der Waals surface area contributed by atoms with Crippen molar-refractivity contribution in [1.82, 2.24) is 20.4 Å². The largest absolute Gasteiger partial charge is 0.471 e. The lowest BCUT2D eigenvalue weighted by molar-refractivity contribution is -0.253. The van der Waals surface area contributed by atoms with Crippen LogP contribution in [0.25, 0.3) is 11.1 Å². The molecule has 310 valence electrons. The Morgan fingerprint density at radius 1 is 0.847 bits per heavy atom. The third-order valence-corrected chi connectivity index (χ3v) is 12.1. The maximum atomic E-state index is 13.3. The van der Waals surface area contributed by atoms with Gasteiger partial charge in [-0.2, -0.15) is 13.2 Å². The van der Waals surface area contributed by atoms with Gasteiger partial charge in [0.05, 0.1) is 25.5 Å². The Balaban J connectivity index is 0.933. The number of benzene rings is 4. The van der Waals surface area contributed by atoms with Crippen LogP contribution in [0.4, 0.5) is 18.9 Å². The van der Waals surface area contributed by atoms with Crippen molar-refractivity contribution in [3.05, 3.63) is 125 Å². The van der Waals surface area contributed by atoms with Crippen molar-refractivity contribution in [1.29, 1.82) is 0 Å². The maximum Gasteiger partial charge on any atom is 0.471 e. The molecule has 4 aliphatic rings. The van der Waals surface area contributed by atoms with Gasteiger partial charge in [-0.05, 0) is 71.7 Å². The molecule has 4 unspecified atom stereocenters. The molecule has 1 spiro atoms. The highest BCUT2D eigenvalue weighted by Crippen LogP contribution is 2.41. The molecule has 4 fully saturated rings. The van der Waals surface area contributed by atoms with Gasteiger partial charge >= 0.3 is 12.1 Å². The number of hydrogen-bond donors (Lipinski definition) is 3. The number of anilines is 1. The molecule has 4 aromatic rings. The number of alkyl halides is 3. The Hall–Kier alpha value is -5.28. The Kier molecular flexibility index (Phi) is 11.8. The van der Waals surface area contributed by atoms with E-state index in [0.717, 1.165) is 52.2 Å². The molecule has 11 nitrogen and oxygen atoms in total. The number of carbonyl (C=O) groups is 3. The molecule has 0 aliphatic carbocycles. The fourth-order valence-electron chi connectivity index (χ4n) is 8.90. The minimum Gasteiger partial charge on any atom is -0.392 e. The lowest BCUT2D eigenvalue weighted by Crippen LogP contribution is -2.57. The highest BCUT2D eigenvalue weighted by molar-refractivity contribution is 5.93. The first-order valence-electron chi connectivity index (χ1n) is 20.2. The summed E-state index contributed by atoms with van der Waals surface area (Å²) in [6.45, 7) is 2.59. The van der Waals surface area contributed by atoms with Gasteiger partial charge in [0.25, 0.3) is 0 Å². The van der Waals surface area contributed by atoms with E-state index in [9.17, 15) is 32.7 Å². The van der Waals surface area contributed by atoms with Crippen LogP contribution in [0.1, 0.15) is 66.8 Å². The molecule has 0 aromatic heterocycles. The summed E-state index contributed by atoms with van der Waals surface area (Å²) in [5, 5.41) is 15.4. The number of rotatable bonds is 10. The molecule has 4 aliphatic heterocycles. The maximum absolute atomic E-state index is 13.3. The third kappa shape index (κ3) is 8.72. The molecule has 4 aromatic carbocycles. The molecule has 4 atom stereocenters. The number of nitrogens with zero attached hydrogens (tertiary/aromatic N) is 3. The summed E-state index contributed by atoms with van der Waals surface area (Å²) in [7, 11) is 0. The van der Waals surface area contributed by atoms with Crippen molar-refractivity contribution in [3.63, 3.8) is 0 Å². The molecule has 3 amide bonds. The van der Waals surface area contributed by atoms with Gasteiger partial charge in [-0.25, -0.2) is 0 Å². The van der Waals surface area contributed by atoms with E-state index in [1.165, 1.54) is 0 Å². The molecule has 0 bridgehead atoms. The lowest BCUT2D eigenvalue weighted by atomic mass is 9.85. The number of amides is 3. The predicted molar refractivity (Wildman–Crippen MR) is 213 cm³/mol. The van der Waals surface area contributed by atoms with Crippen LogP contribution < -0.4 is 15.5 Å². The summed E-state index contributed by atoms with van der Waals surface area (Å²) in [6, 6.07) is 32.1. The predicted octanol–water partition coefficient (Wildman–Crippen LogP) is 5.99. The van der Waals surface area contributed by atoms with Gasteiger partial charge in [-0.3, -0.25) is 14.4 Å². The Morgan fingerprint density at radius 3 is 2.29 bits per heavy atom. The molecule has 4 heterocycles. The van der Waals surface area contributed by atoms with Crippen LogP contribution >= 0.6 is 0 Å². The third-order valence-electron chi connectivity index (χ3n) is 12.1. The van der Waals surface area contributed by atoms with Gasteiger partial charge < -0.3 is 39.9 Å². The zero-order valence-electron chi connectivity index (χ0n) is 32.6. The van der Waals surface area contributed by atoms with Crippen LogP contribution in [0.3, 0.4) is 0 Å². The minimum absolute atomic E-state index is 0.0486. The summed E-state index contributed by atoms with van der Waals surface area (Å²) in [4.78, 5) is 43.2. The summed E-state index contributed by atoms with van der Waals surface area (Å²) in [5.41, 5.74) is 5.65. The topological polar surface area (TPSA) is 124 Å². The standard InChI is InChI=1S/C45H48F3N5O6/c46-45(47,48)43(57)52-21-5-10-38(52)40(55)49-26-31-6-4-7-35(24-31)32-15-17-34(18-16-32)41-58-37(25-39(59-41)33-13-11-30(28-54)12-14-33)27-51-22-19-44(20-23-51)42(56)50-29-53(44)36-8-2-1-3-9-36/h1-4,6-9,11-18,24,37-39,41,54H,5,10,19-23,25-29H2,(H,49,55)(H,50,56). The molecule has 8 rings (SSSR count). The van der Waals surface area contributed by atoms with Gasteiger partial charge in [0.2, 0.25) is 11.8 Å². The fourth-order valence-corrected chi connectivity index (χ4v) is 8.90. The smallest absolute Gasteiger partial charge is 0.392 e. The zero-order chi connectivity index (χ0) is 41.1. The number of halogens is 3. The number of aliphatic hydroxyl groups is 1. The van der Waals surface area contributed by atoms with Gasteiger partial charge in [-0.1, -0.05) is 84.9 Å². The van der Waals surface area contributed by atoms with Crippen LogP contribution in [0.2, 0.25) is 0 Å². The molecule has 3 N–H and O–H groups in total. The van der Waals surface area contributed by atoms with E-state index in [1.54, 1.807) is 0 Å².